The number of nitrogens with one attached hydrogen (secondary N) is 1. The Morgan fingerprint density at radius 3 is 2.32 bits per heavy atom. The van der Waals surface area contributed by atoms with E-state index in [-0.39, 0.29) is 17.6 Å². The van der Waals surface area contributed by atoms with E-state index in [1.54, 1.807) is 0 Å². The lowest BCUT2D eigenvalue weighted by Gasteiger charge is -2.07. The molecule has 1 N–H and O–H groups in total. The van der Waals surface area contributed by atoms with E-state index in [1.165, 1.54) is 19.2 Å². The molecule has 0 atom stereocenters. The van der Waals surface area contributed by atoms with Gasteiger partial charge >= 0.3 is 0 Å². The van der Waals surface area contributed by atoms with Crippen LogP contribution in [0.5, 0.6) is 0 Å². The molecule has 0 saturated carbocycles. The van der Waals surface area contributed by atoms with Crippen molar-refractivity contribution in [2.45, 2.75) is 13.5 Å². The van der Waals surface area contributed by atoms with E-state index in [0.717, 1.165) is 4.68 Å². The summed E-state index contributed by atoms with van der Waals surface area (Å²) in [7, 11) is -3.56. The molecule has 0 amide bonds. The highest BCUT2D eigenvalue weighted by atomic mass is 32.2. The molecule has 0 aliphatic rings. The molecule has 2 aromatic rings. The number of anilines is 1. The summed E-state index contributed by atoms with van der Waals surface area (Å²) in [5.41, 5.74) is -0.842. The van der Waals surface area contributed by atoms with E-state index >= 15 is 0 Å². The average molecular weight is 337 g/mol. The zero-order chi connectivity index (χ0) is 16.5. The topological polar surface area (TPSA) is 64.0 Å². The molecule has 22 heavy (non-hydrogen) atoms. The van der Waals surface area contributed by atoms with Crippen molar-refractivity contribution in [1.82, 2.24) is 9.78 Å². The van der Waals surface area contributed by atoms with Crippen LogP contribution in [0, 0.1) is 23.3 Å². The molecule has 1 heterocycles. The van der Waals surface area contributed by atoms with Crippen LogP contribution in [0.1, 0.15) is 12.5 Å². The second kappa shape index (κ2) is 5.95. The highest BCUT2D eigenvalue weighted by Gasteiger charge is 2.19. The first kappa shape index (κ1) is 16.3. The van der Waals surface area contributed by atoms with Gasteiger partial charge in [-0.3, -0.25) is 9.40 Å². The second-order valence-corrected chi connectivity index (χ2v) is 6.36. The van der Waals surface area contributed by atoms with Crippen LogP contribution in [0.4, 0.5) is 23.4 Å². The lowest BCUT2D eigenvalue weighted by molar-refractivity contribution is 0.431. The fourth-order valence-electron chi connectivity index (χ4n) is 1.66. The van der Waals surface area contributed by atoms with Gasteiger partial charge in [-0.1, -0.05) is 0 Å². The molecule has 0 unspecified atom stereocenters. The molecular weight excluding hydrogens is 326 g/mol. The summed E-state index contributed by atoms with van der Waals surface area (Å²) in [5.74, 6) is -6.34. The number of sulfonamides is 1. The van der Waals surface area contributed by atoms with Gasteiger partial charge in [-0.25, -0.2) is 26.0 Å². The van der Waals surface area contributed by atoms with Crippen LogP contribution in [0.3, 0.4) is 0 Å². The van der Waals surface area contributed by atoms with Gasteiger partial charge in [0.05, 0.1) is 17.9 Å². The minimum Gasteiger partial charge on any atom is -0.266 e. The van der Waals surface area contributed by atoms with Gasteiger partial charge in [-0.05, 0) is 6.92 Å². The summed E-state index contributed by atoms with van der Waals surface area (Å²) in [5, 5.41) is 3.73. The Bertz CT molecular complexity index is 779. The molecule has 0 bridgehead atoms. The van der Waals surface area contributed by atoms with E-state index in [0.29, 0.717) is 0 Å². The molecule has 1 aromatic carbocycles. The van der Waals surface area contributed by atoms with Gasteiger partial charge in [0.1, 0.15) is 0 Å². The highest BCUT2D eigenvalue weighted by molar-refractivity contribution is 7.92. The zero-order valence-corrected chi connectivity index (χ0v) is 12.1. The summed E-state index contributed by atoms with van der Waals surface area (Å²) in [6.07, 6.45) is 1.22. The van der Waals surface area contributed by atoms with Crippen molar-refractivity contribution >= 4 is 15.8 Å². The Morgan fingerprint density at radius 2 is 1.77 bits per heavy atom. The van der Waals surface area contributed by atoms with Gasteiger partial charge in [-0.2, -0.15) is 5.10 Å². The van der Waals surface area contributed by atoms with Crippen LogP contribution in [0.2, 0.25) is 0 Å². The minimum absolute atomic E-state index is 0.0699. The van der Waals surface area contributed by atoms with Crippen molar-refractivity contribution in [3.8, 4) is 0 Å². The Labute approximate surface area is 123 Å². The highest BCUT2D eigenvalue weighted by Crippen LogP contribution is 2.20. The van der Waals surface area contributed by atoms with Gasteiger partial charge in [-0.15, -0.1) is 0 Å². The quantitative estimate of drug-likeness (QED) is 0.672. The summed E-state index contributed by atoms with van der Waals surface area (Å²) < 4.78 is 79.0. The first-order valence-electron chi connectivity index (χ1n) is 6.09. The van der Waals surface area contributed by atoms with E-state index < -0.39 is 45.4 Å². The third-order valence-electron chi connectivity index (χ3n) is 2.80. The van der Waals surface area contributed by atoms with Crippen molar-refractivity contribution in [1.29, 1.82) is 0 Å². The second-order valence-electron chi connectivity index (χ2n) is 4.35. The molecule has 0 spiro atoms. The molecule has 0 aliphatic carbocycles. The number of hydrogen-bond acceptors (Lipinski definition) is 3. The Hall–Kier alpha value is -2.10. The Kier molecular flexibility index (Phi) is 4.40. The molecule has 0 saturated heterocycles. The molecule has 0 radical (unpaired) electrons. The summed E-state index contributed by atoms with van der Waals surface area (Å²) >= 11 is 0. The molecule has 2 rings (SSSR count). The van der Waals surface area contributed by atoms with Crippen LogP contribution < -0.4 is 4.72 Å². The Balaban J connectivity index is 2.28. The average Bonchev–Trinajstić information content (AvgIpc) is 2.88. The van der Waals surface area contributed by atoms with E-state index in [1.807, 2.05) is 0 Å². The third-order valence-corrected chi connectivity index (χ3v) is 4.08. The number of nitrogens with zero attached hydrogens (tertiary/aromatic N) is 2. The van der Waals surface area contributed by atoms with Crippen molar-refractivity contribution in [3.05, 3.63) is 47.2 Å². The normalized spacial score (nSPS) is 11.7. The fourth-order valence-corrected chi connectivity index (χ4v) is 2.23. The van der Waals surface area contributed by atoms with Crippen molar-refractivity contribution < 1.29 is 26.0 Å². The molecule has 0 fully saturated rings. The first-order chi connectivity index (χ1) is 10.2. The van der Waals surface area contributed by atoms with E-state index in [9.17, 15) is 26.0 Å². The van der Waals surface area contributed by atoms with Gasteiger partial charge in [0, 0.05) is 18.3 Å². The monoisotopic (exact) mass is 337 g/mol. The fraction of sp³-hybridized carbons (Fsp3) is 0.250. The predicted octanol–water partition coefficient (Wildman–Crippen LogP) is 2.25. The largest absolute Gasteiger partial charge is 0.266 e. The van der Waals surface area contributed by atoms with E-state index in [4.69, 9.17) is 0 Å². The predicted molar refractivity (Wildman–Crippen MR) is 70.7 cm³/mol. The summed E-state index contributed by atoms with van der Waals surface area (Å²) in [4.78, 5) is 0. The van der Waals surface area contributed by atoms with Gasteiger partial charge in [0.2, 0.25) is 10.0 Å². The number of aromatic nitrogens is 2. The number of hydrogen-bond donors (Lipinski definition) is 1. The molecule has 120 valence electrons. The standard InChI is InChI=1S/C12H11F4N3O2S/c1-2-22(20,21)18-10-3-4-19(17-10)6-7-11(15)8(13)5-9(14)12(7)16/h3-5H,2,6H2,1H3,(H,17,18). The summed E-state index contributed by atoms with van der Waals surface area (Å²) in [6, 6.07) is 1.36. The maximum atomic E-state index is 13.5. The number of rotatable bonds is 5. The Morgan fingerprint density at radius 1 is 1.18 bits per heavy atom. The van der Waals surface area contributed by atoms with Crippen LogP contribution >= 0.6 is 0 Å². The maximum Gasteiger partial charge on any atom is 0.233 e. The molecule has 5 nitrogen and oxygen atoms in total. The van der Waals surface area contributed by atoms with Gasteiger partial charge in [0.25, 0.3) is 0 Å². The lowest BCUT2D eigenvalue weighted by Crippen LogP contribution is -2.15. The first-order valence-corrected chi connectivity index (χ1v) is 7.74. The van der Waals surface area contributed by atoms with Crippen molar-refractivity contribution in [2.24, 2.45) is 0 Å². The van der Waals surface area contributed by atoms with Crippen molar-refractivity contribution in [3.63, 3.8) is 0 Å². The third kappa shape index (κ3) is 3.38. The van der Waals surface area contributed by atoms with Gasteiger partial charge in [0.15, 0.2) is 29.1 Å². The molecule has 1 aromatic heterocycles. The van der Waals surface area contributed by atoms with Crippen LogP contribution in [-0.2, 0) is 16.6 Å². The SMILES string of the molecule is CCS(=O)(=O)Nc1ccn(Cc2c(F)c(F)cc(F)c2F)n1. The zero-order valence-electron chi connectivity index (χ0n) is 11.3. The smallest absolute Gasteiger partial charge is 0.233 e. The maximum absolute atomic E-state index is 13.5. The van der Waals surface area contributed by atoms with Crippen LogP contribution in [0.25, 0.3) is 0 Å². The molecule has 10 heteroatoms. The summed E-state index contributed by atoms with van der Waals surface area (Å²) in [6.45, 7) is 0.819. The van der Waals surface area contributed by atoms with E-state index in [2.05, 4.69) is 9.82 Å². The number of halogens is 4. The lowest BCUT2D eigenvalue weighted by atomic mass is 10.2. The van der Waals surface area contributed by atoms with Crippen LogP contribution in [0.15, 0.2) is 18.3 Å². The van der Waals surface area contributed by atoms with Crippen molar-refractivity contribution in [2.75, 3.05) is 10.5 Å². The minimum atomic E-state index is -3.56. The molecule has 0 aliphatic heterocycles. The van der Waals surface area contributed by atoms with Gasteiger partial charge < -0.3 is 0 Å². The molecular formula is C12H11F4N3O2S. The van der Waals surface area contributed by atoms with Crippen LogP contribution in [-0.4, -0.2) is 24.0 Å². The number of benzene rings is 1.